The van der Waals surface area contributed by atoms with Gasteiger partial charge in [-0.25, -0.2) is 5.84 Å². The molecule has 0 spiro atoms. The summed E-state index contributed by atoms with van der Waals surface area (Å²) in [6, 6.07) is -0.155. The summed E-state index contributed by atoms with van der Waals surface area (Å²) in [5, 5.41) is 3.39. The van der Waals surface area contributed by atoms with Gasteiger partial charge in [0, 0.05) is 17.4 Å². The molecule has 0 rings (SSSR count). The van der Waals surface area contributed by atoms with Crippen LogP contribution in [0.15, 0.2) is 5.11 Å². The van der Waals surface area contributed by atoms with E-state index in [1.165, 1.54) is 0 Å². The van der Waals surface area contributed by atoms with Gasteiger partial charge in [-0.2, -0.15) is 0 Å². The maximum atomic E-state index is 10.5. The van der Waals surface area contributed by atoms with E-state index in [2.05, 4.69) is 10.0 Å². The molecule has 6 heteroatoms. The highest BCUT2D eigenvalue weighted by molar-refractivity contribution is 5.75. The van der Waals surface area contributed by atoms with Crippen LogP contribution in [0.25, 0.3) is 10.4 Å². The van der Waals surface area contributed by atoms with Gasteiger partial charge in [-0.15, -0.1) is 0 Å². The van der Waals surface area contributed by atoms with Crippen LogP contribution in [0, 0.1) is 0 Å². The lowest BCUT2D eigenvalue weighted by Crippen LogP contribution is -2.30. The summed E-state index contributed by atoms with van der Waals surface area (Å²) in [4.78, 5) is 13.2. The van der Waals surface area contributed by atoms with Crippen molar-refractivity contribution in [3.8, 4) is 0 Å². The predicted molar refractivity (Wildman–Crippen MR) is 40.2 cm³/mol. The molecule has 1 atom stereocenters. The quantitative estimate of drug-likeness (QED) is 0.154. The molecule has 0 saturated carbocycles. The number of hydrazine groups is 1. The fraction of sp³-hybridized carbons (Fsp3) is 0.800. The number of hydrogen-bond acceptors (Lipinski definition) is 3. The molecule has 6 nitrogen and oxygen atoms in total. The molecule has 1 amide bonds. The van der Waals surface area contributed by atoms with Crippen LogP contribution in [0.2, 0.25) is 0 Å². The van der Waals surface area contributed by atoms with Crippen molar-refractivity contribution in [2.45, 2.75) is 25.8 Å². The number of nitrogens with two attached hydrogens (primary N) is 1. The molecule has 0 aliphatic carbocycles. The molecular weight excluding hydrogens is 146 g/mol. The number of hydrogen-bond donors (Lipinski definition) is 2. The first kappa shape index (κ1) is 9.74. The number of azide groups is 1. The zero-order chi connectivity index (χ0) is 8.69. The molecule has 0 heterocycles. The van der Waals surface area contributed by atoms with Gasteiger partial charge in [0.05, 0.1) is 0 Å². The van der Waals surface area contributed by atoms with Gasteiger partial charge in [0.2, 0.25) is 5.91 Å². The van der Waals surface area contributed by atoms with Crippen LogP contribution in [-0.2, 0) is 4.79 Å². The molecule has 62 valence electrons. The van der Waals surface area contributed by atoms with Crippen LogP contribution in [0.3, 0.4) is 0 Å². The van der Waals surface area contributed by atoms with Gasteiger partial charge < -0.3 is 0 Å². The highest BCUT2D eigenvalue weighted by Crippen LogP contribution is 2.00. The van der Waals surface area contributed by atoms with Gasteiger partial charge in [0.1, 0.15) is 0 Å². The minimum absolute atomic E-state index is 0.155. The van der Waals surface area contributed by atoms with E-state index in [4.69, 9.17) is 11.4 Å². The molecule has 0 aliphatic rings. The number of nitrogens with one attached hydrogen (secondary N) is 1. The SMILES string of the molecule is CC(CCC(=O)NN)N=[N+]=[N-]. The Labute approximate surface area is 64.4 Å². The molecule has 0 aromatic heterocycles. The van der Waals surface area contributed by atoms with Crippen molar-refractivity contribution in [3.63, 3.8) is 0 Å². The summed E-state index contributed by atoms with van der Waals surface area (Å²) in [6.07, 6.45) is 0.809. The first-order valence-electron chi connectivity index (χ1n) is 3.24. The summed E-state index contributed by atoms with van der Waals surface area (Å²) in [7, 11) is 0. The van der Waals surface area contributed by atoms with Gasteiger partial charge in [0.25, 0.3) is 0 Å². The lowest BCUT2D eigenvalue weighted by molar-refractivity contribution is -0.121. The Morgan fingerprint density at radius 1 is 1.91 bits per heavy atom. The molecule has 0 aliphatic heterocycles. The number of nitrogens with zero attached hydrogens (tertiary/aromatic N) is 3. The minimum atomic E-state index is -0.245. The maximum absolute atomic E-state index is 10.5. The topological polar surface area (TPSA) is 104 Å². The van der Waals surface area contributed by atoms with Crippen LogP contribution in [0.4, 0.5) is 0 Å². The zero-order valence-electron chi connectivity index (χ0n) is 6.32. The summed E-state index contributed by atoms with van der Waals surface area (Å²) in [5.41, 5.74) is 9.98. The molecule has 0 fully saturated rings. The minimum Gasteiger partial charge on any atom is -0.294 e. The molecule has 0 saturated heterocycles. The third-order valence-electron chi connectivity index (χ3n) is 1.20. The smallest absolute Gasteiger partial charge is 0.233 e. The van der Waals surface area contributed by atoms with Gasteiger partial charge in [-0.05, 0) is 12.0 Å². The van der Waals surface area contributed by atoms with E-state index in [1.54, 1.807) is 6.92 Å². The fourth-order valence-corrected chi connectivity index (χ4v) is 0.558. The standard InChI is InChI=1S/C5H11N5O/c1-4(9-10-7)2-3-5(11)8-6/h4H,2-3,6H2,1H3,(H,8,11). The predicted octanol–water partition coefficient (Wildman–Crippen LogP) is 0.455. The molecule has 11 heavy (non-hydrogen) atoms. The Bertz CT molecular complexity index is 174. The van der Waals surface area contributed by atoms with Crippen LogP contribution in [0.5, 0.6) is 0 Å². The summed E-state index contributed by atoms with van der Waals surface area (Å²) in [5.74, 6) is 4.58. The van der Waals surface area contributed by atoms with Gasteiger partial charge in [0.15, 0.2) is 0 Å². The van der Waals surface area contributed by atoms with E-state index in [0.717, 1.165) is 0 Å². The number of rotatable bonds is 4. The highest BCUT2D eigenvalue weighted by atomic mass is 16.2. The average Bonchev–Trinajstić information content (AvgIpc) is 2.01. The van der Waals surface area contributed by atoms with Crippen molar-refractivity contribution in [2.24, 2.45) is 11.0 Å². The van der Waals surface area contributed by atoms with E-state index in [0.29, 0.717) is 6.42 Å². The van der Waals surface area contributed by atoms with E-state index in [-0.39, 0.29) is 18.4 Å². The molecule has 3 N–H and O–H groups in total. The molecule has 0 aromatic rings. The summed E-state index contributed by atoms with van der Waals surface area (Å²) >= 11 is 0. The average molecular weight is 157 g/mol. The Morgan fingerprint density at radius 2 is 2.55 bits per heavy atom. The molecule has 0 radical (unpaired) electrons. The Hall–Kier alpha value is -1.26. The van der Waals surface area contributed by atoms with Crippen LogP contribution < -0.4 is 11.3 Å². The zero-order valence-corrected chi connectivity index (χ0v) is 6.32. The second kappa shape index (κ2) is 5.52. The second-order valence-electron chi connectivity index (χ2n) is 2.16. The first-order chi connectivity index (χ1) is 5.20. The fourth-order valence-electron chi connectivity index (χ4n) is 0.558. The van der Waals surface area contributed by atoms with Crippen LogP contribution in [-0.4, -0.2) is 11.9 Å². The Balaban J connectivity index is 3.53. The van der Waals surface area contributed by atoms with Gasteiger partial charge in [-0.3, -0.25) is 10.2 Å². The Morgan fingerprint density at radius 3 is 3.00 bits per heavy atom. The van der Waals surface area contributed by atoms with E-state index < -0.39 is 0 Å². The van der Waals surface area contributed by atoms with Crippen molar-refractivity contribution < 1.29 is 4.79 Å². The lowest BCUT2D eigenvalue weighted by atomic mass is 10.2. The normalized spacial score (nSPS) is 11.5. The highest BCUT2D eigenvalue weighted by Gasteiger charge is 2.02. The monoisotopic (exact) mass is 157 g/mol. The molecular formula is C5H11N5O. The van der Waals surface area contributed by atoms with E-state index in [1.807, 2.05) is 5.43 Å². The number of amides is 1. The molecule has 0 aromatic carbocycles. The second-order valence-corrected chi connectivity index (χ2v) is 2.16. The van der Waals surface area contributed by atoms with Crippen molar-refractivity contribution in [3.05, 3.63) is 10.4 Å². The van der Waals surface area contributed by atoms with E-state index in [9.17, 15) is 4.79 Å². The Kier molecular flexibility index (Phi) is 4.89. The number of carbonyl (C=O) groups is 1. The van der Waals surface area contributed by atoms with Crippen molar-refractivity contribution in [1.29, 1.82) is 0 Å². The molecule has 0 bridgehead atoms. The third-order valence-corrected chi connectivity index (χ3v) is 1.20. The summed E-state index contributed by atoms with van der Waals surface area (Å²) < 4.78 is 0. The van der Waals surface area contributed by atoms with Crippen molar-refractivity contribution >= 4 is 5.91 Å². The third kappa shape index (κ3) is 5.20. The lowest BCUT2D eigenvalue weighted by Gasteiger charge is -2.01. The summed E-state index contributed by atoms with van der Waals surface area (Å²) in [6.45, 7) is 1.74. The van der Waals surface area contributed by atoms with Crippen molar-refractivity contribution in [1.82, 2.24) is 5.43 Å². The first-order valence-corrected chi connectivity index (χ1v) is 3.24. The van der Waals surface area contributed by atoms with Crippen LogP contribution in [0.1, 0.15) is 19.8 Å². The number of carbonyl (C=O) groups excluding carboxylic acids is 1. The van der Waals surface area contributed by atoms with Crippen LogP contribution >= 0.6 is 0 Å². The van der Waals surface area contributed by atoms with Crippen molar-refractivity contribution in [2.75, 3.05) is 0 Å². The van der Waals surface area contributed by atoms with Gasteiger partial charge >= 0.3 is 0 Å². The van der Waals surface area contributed by atoms with Gasteiger partial charge in [-0.1, -0.05) is 12.0 Å². The largest absolute Gasteiger partial charge is 0.294 e. The maximum Gasteiger partial charge on any atom is 0.233 e. The molecule has 1 unspecified atom stereocenters. The van der Waals surface area contributed by atoms with E-state index >= 15 is 0 Å².